The van der Waals surface area contributed by atoms with E-state index in [2.05, 4.69) is 10.1 Å². The number of hydrogen-bond donors (Lipinski definition) is 2. The van der Waals surface area contributed by atoms with Crippen LogP contribution < -0.4 is 20.5 Å². The van der Waals surface area contributed by atoms with Crippen molar-refractivity contribution in [3.63, 3.8) is 0 Å². The summed E-state index contributed by atoms with van der Waals surface area (Å²) in [6.07, 6.45) is -5.03. The number of amides is 1. The molecule has 0 unspecified atom stereocenters. The molecule has 0 heterocycles. The maximum absolute atomic E-state index is 12.6. The number of halogens is 4. The van der Waals surface area contributed by atoms with Crippen molar-refractivity contribution in [1.82, 2.24) is 0 Å². The third kappa shape index (κ3) is 6.32. The standard InChI is InChI=1S/C19H16F4N2O4/c20-9-12(10-24)11-28-14-6-7-15(16(8-14)29-18(27)19(21,22)23)17(26)25-13-4-2-1-3-5-13/h1-9H,10-11,24H2,(H,25,26)/b12-9-. The van der Waals surface area contributed by atoms with Gasteiger partial charge in [-0.1, -0.05) is 18.2 Å². The number of para-hydroxylation sites is 1. The van der Waals surface area contributed by atoms with E-state index in [1.165, 1.54) is 6.07 Å². The maximum atomic E-state index is 12.6. The van der Waals surface area contributed by atoms with Crippen LogP contribution in [0.3, 0.4) is 0 Å². The van der Waals surface area contributed by atoms with Crippen molar-refractivity contribution in [3.05, 3.63) is 66.0 Å². The van der Waals surface area contributed by atoms with E-state index in [0.29, 0.717) is 5.69 Å². The molecule has 0 saturated heterocycles. The monoisotopic (exact) mass is 412 g/mol. The van der Waals surface area contributed by atoms with E-state index in [9.17, 15) is 27.2 Å². The third-order valence-corrected chi connectivity index (χ3v) is 3.50. The Kier molecular flexibility index (Phi) is 7.32. The Hall–Kier alpha value is -3.40. The van der Waals surface area contributed by atoms with Crippen LogP contribution in [0.4, 0.5) is 23.2 Å². The molecular formula is C19H16F4N2O4. The van der Waals surface area contributed by atoms with Crippen molar-refractivity contribution in [3.8, 4) is 11.5 Å². The van der Waals surface area contributed by atoms with E-state index in [4.69, 9.17) is 10.5 Å². The average molecular weight is 412 g/mol. The van der Waals surface area contributed by atoms with Gasteiger partial charge in [0.2, 0.25) is 0 Å². The Labute approximate surface area is 162 Å². The number of hydrogen-bond acceptors (Lipinski definition) is 5. The highest BCUT2D eigenvalue weighted by Gasteiger charge is 2.42. The summed E-state index contributed by atoms with van der Waals surface area (Å²) < 4.78 is 59.9. The predicted molar refractivity (Wildman–Crippen MR) is 96.3 cm³/mol. The van der Waals surface area contributed by atoms with Crippen molar-refractivity contribution in [2.75, 3.05) is 18.5 Å². The second-order valence-corrected chi connectivity index (χ2v) is 5.63. The van der Waals surface area contributed by atoms with Gasteiger partial charge < -0.3 is 20.5 Å². The topological polar surface area (TPSA) is 90.7 Å². The first-order valence-corrected chi connectivity index (χ1v) is 8.15. The third-order valence-electron chi connectivity index (χ3n) is 3.50. The molecule has 154 valence electrons. The zero-order valence-electron chi connectivity index (χ0n) is 14.8. The molecule has 3 N–H and O–H groups in total. The summed E-state index contributed by atoms with van der Waals surface area (Å²) in [6.45, 7) is -0.417. The molecule has 29 heavy (non-hydrogen) atoms. The van der Waals surface area contributed by atoms with Gasteiger partial charge in [-0.05, 0) is 24.3 Å². The van der Waals surface area contributed by atoms with E-state index in [-0.39, 0.29) is 36.4 Å². The van der Waals surface area contributed by atoms with Crippen LogP contribution >= 0.6 is 0 Å². The van der Waals surface area contributed by atoms with Gasteiger partial charge in [-0.25, -0.2) is 9.18 Å². The van der Waals surface area contributed by atoms with Crippen molar-refractivity contribution in [2.45, 2.75) is 6.18 Å². The second kappa shape index (κ2) is 9.69. The number of carbonyl (C=O) groups excluding carboxylic acids is 2. The van der Waals surface area contributed by atoms with Gasteiger partial charge in [0.25, 0.3) is 5.91 Å². The smallest absolute Gasteiger partial charge is 0.489 e. The highest BCUT2D eigenvalue weighted by molar-refractivity contribution is 6.06. The van der Waals surface area contributed by atoms with E-state index < -0.39 is 23.8 Å². The van der Waals surface area contributed by atoms with Crippen molar-refractivity contribution in [1.29, 1.82) is 0 Å². The number of anilines is 1. The number of ether oxygens (including phenoxy) is 2. The molecule has 0 aromatic heterocycles. The Balaban J connectivity index is 2.30. The highest BCUT2D eigenvalue weighted by atomic mass is 19.4. The lowest BCUT2D eigenvalue weighted by Crippen LogP contribution is -2.29. The van der Waals surface area contributed by atoms with Gasteiger partial charge in [0, 0.05) is 23.9 Å². The van der Waals surface area contributed by atoms with Crippen LogP contribution in [0.1, 0.15) is 10.4 Å². The number of benzene rings is 2. The lowest BCUT2D eigenvalue weighted by molar-refractivity contribution is -0.189. The van der Waals surface area contributed by atoms with E-state index >= 15 is 0 Å². The number of alkyl halides is 3. The first-order chi connectivity index (χ1) is 13.7. The van der Waals surface area contributed by atoms with Crippen LogP contribution in [0.2, 0.25) is 0 Å². The molecule has 2 aromatic rings. The van der Waals surface area contributed by atoms with Crippen molar-refractivity contribution < 1.29 is 36.6 Å². The SMILES string of the molecule is NC/C(=C/F)COc1ccc(C(=O)Nc2ccccc2)c(OC(=O)C(F)(F)F)c1. The molecule has 0 bridgehead atoms. The van der Waals surface area contributed by atoms with Crippen LogP contribution in [-0.4, -0.2) is 31.2 Å². The summed E-state index contributed by atoms with van der Waals surface area (Å²) in [5.74, 6) is -4.04. The van der Waals surface area contributed by atoms with Gasteiger partial charge in [-0.2, -0.15) is 13.2 Å². The Bertz CT molecular complexity index is 899. The Morgan fingerprint density at radius 1 is 1.10 bits per heavy atom. The zero-order valence-corrected chi connectivity index (χ0v) is 14.8. The molecule has 0 saturated carbocycles. The summed E-state index contributed by atoms with van der Waals surface area (Å²) in [4.78, 5) is 23.7. The first kappa shape index (κ1) is 21.9. The van der Waals surface area contributed by atoms with Crippen LogP contribution in [0.15, 0.2) is 60.4 Å². The quantitative estimate of drug-likeness (QED) is 0.412. The lowest BCUT2D eigenvalue weighted by atomic mass is 10.1. The Morgan fingerprint density at radius 3 is 2.38 bits per heavy atom. The summed E-state index contributed by atoms with van der Waals surface area (Å²) in [6, 6.07) is 11.4. The fraction of sp³-hybridized carbons (Fsp3) is 0.158. The zero-order chi connectivity index (χ0) is 21.4. The van der Waals surface area contributed by atoms with E-state index in [0.717, 1.165) is 12.1 Å². The molecule has 0 spiro atoms. The molecule has 1 amide bonds. The Morgan fingerprint density at radius 2 is 1.79 bits per heavy atom. The molecule has 6 nitrogen and oxygen atoms in total. The van der Waals surface area contributed by atoms with Crippen LogP contribution in [0.5, 0.6) is 11.5 Å². The number of esters is 1. The fourth-order valence-electron chi connectivity index (χ4n) is 2.05. The average Bonchev–Trinajstić information content (AvgIpc) is 2.69. The highest BCUT2D eigenvalue weighted by Crippen LogP contribution is 2.29. The first-order valence-electron chi connectivity index (χ1n) is 8.15. The van der Waals surface area contributed by atoms with Crippen LogP contribution in [0, 0.1) is 0 Å². The lowest BCUT2D eigenvalue weighted by Gasteiger charge is -2.14. The molecule has 0 atom stereocenters. The number of carbonyl (C=O) groups is 2. The molecule has 2 rings (SSSR count). The molecule has 10 heteroatoms. The van der Waals surface area contributed by atoms with Gasteiger partial charge in [0.05, 0.1) is 11.9 Å². The molecule has 0 aliphatic rings. The molecule has 0 radical (unpaired) electrons. The van der Waals surface area contributed by atoms with Gasteiger partial charge >= 0.3 is 12.1 Å². The second-order valence-electron chi connectivity index (χ2n) is 5.63. The molecule has 0 aliphatic heterocycles. The normalized spacial score (nSPS) is 11.7. The fourth-order valence-corrected chi connectivity index (χ4v) is 2.05. The summed E-state index contributed by atoms with van der Waals surface area (Å²) in [5.41, 5.74) is 5.43. The van der Waals surface area contributed by atoms with E-state index in [1.54, 1.807) is 30.3 Å². The number of nitrogens with one attached hydrogen (secondary N) is 1. The predicted octanol–water partition coefficient (Wildman–Crippen LogP) is 3.60. The largest absolute Gasteiger partial charge is 0.491 e. The number of nitrogens with two attached hydrogens (primary N) is 1. The summed E-state index contributed by atoms with van der Waals surface area (Å²) in [5, 5.41) is 2.47. The minimum atomic E-state index is -5.27. The van der Waals surface area contributed by atoms with Gasteiger partial charge in [-0.3, -0.25) is 4.79 Å². The van der Waals surface area contributed by atoms with Gasteiger partial charge in [-0.15, -0.1) is 0 Å². The minimum absolute atomic E-state index is 0.0564. The van der Waals surface area contributed by atoms with Crippen molar-refractivity contribution >= 4 is 17.6 Å². The van der Waals surface area contributed by atoms with Crippen molar-refractivity contribution in [2.24, 2.45) is 5.73 Å². The van der Waals surface area contributed by atoms with Gasteiger partial charge in [0.15, 0.2) is 0 Å². The van der Waals surface area contributed by atoms with Crippen LogP contribution in [0.25, 0.3) is 0 Å². The maximum Gasteiger partial charge on any atom is 0.491 e. The molecular weight excluding hydrogens is 396 g/mol. The molecule has 0 fully saturated rings. The molecule has 2 aromatic carbocycles. The minimum Gasteiger partial charge on any atom is -0.489 e. The van der Waals surface area contributed by atoms with Gasteiger partial charge in [0.1, 0.15) is 18.1 Å². The summed E-state index contributed by atoms with van der Waals surface area (Å²) in [7, 11) is 0. The molecule has 0 aliphatic carbocycles. The van der Waals surface area contributed by atoms with Crippen LogP contribution in [-0.2, 0) is 4.79 Å². The van der Waals surface area contributed by atoms with E-state index in [1.807, 2.05) is 0 Å². The number of rotatable bonds is 7. The summed E-state index contributed by atoms with van der Waals surface area (Å²) >= 11 is 0.